The van der Waals surface area contributed by atoms with E-state index in [1.54, 1.807) is 0 Å². The van der Waals surface area contributed by atoms with Crippen LogP contribution in [0.5, 0.6) is 5.75 Å². The van der Waals surface area contributed by atoms with Crippen LogP contribution in [0.3, 0.4) is 0 Å². The number of hydrogen-bond acceptors (Lipinski definition) is 4. The molecule has 2 amide bonds. The Bertz CT molecular complexity index is 684. The summed E-state index contributed by atoms with van der Waals surface area (Å²) in [6.45, 7) is 4.09. The molecule has 0 radical (unpaired) electrons. The van der Waals surface area contributed by atoms with Crippen molar-refractivity contribution in [2.75, 3.05) is 26.2 Å². The minimum absolute atomic E-state index is 0.173. The molecule has 5 heteroatoms. The molecule has 5 nitrogen and oxygen atoms in total. The third-order valence-corrected chi connectivity index (χ3v) is 7.03. The number of ether oxygens (including phenoxy) is 1. The third kappa shape index (κ3) is 4.57. The van der Waals surface area contributed by atoms with Crippen molar-refractivity contribution in [1.82, 2.24) is 10.2 Å². The molecule has 1 unspecified atom stereocenters. The van der Waals surface area contributed by atoms with Gasteiger partial charge in [0.25, 0.3) is 0 Å². The van der Waals surface area contributed by atoms with Crippen LogP contribution in [0.4, 0.5) is 0 Å². The van der Waals surface area contributed by atoms with E-state index in [1.807, 2.05) is 24.3 Å². The first-order valence-corrected chi connectivity index (χ1v) is 10.9. The van der Waals surface area contributed by atoms with Gasteiger partial charge in [0.1, 0.15) is 12.4 Å². The Morgan fingerprint density at radius 3 is 2.39 bits per heavy atom. The molecule has 2 aliphatic heterocycles. The van der Waals surface area contributed by atoms with E-state index in [0.29, 0.717) is 24.9 Å². The normalized spacial score (nSPS) is 25.5. The Kier molecular flexibility index (Phi) is 6.00. The van der Waals surface area contributed by atoms with Crippen molar-refractivity contribution in [2.45, 2.75) is 63.7 Å². The number of piperidine rings is 2. The second-order valence-electron chi connectivity index (χ2n) is 8.82. The topological polar surface area (TPSA) is 58.6 Å². The van der Waals surface area contributed by atoms with E-state index in [4.69, 9.17) is 4.74 Å². The zero-order valence-corrected chi connectivity index (χ0v) is 16.8. The van der Waals surface area contributed by atoms with Crippen LogP contribution in [0, 0.1) is 5.41 Å². The van der Waals surface area contributed by atoms with E-state index in [2.05, 4.69) is 10.2 Å². The van der Waals surface area contributed by atoms with Crippen LogP contribution in [-0.2, 0) is 9.59 Å². The van der Waals surface area contributed by atoms with Crippen LogP contribution in [0.15, 0.2) is 24.3 Å². The first-order valence-electron chi connectivity index (χ1n) is 10.9. The zero-order chi connectivity index (χ0) is 19.4. The van der Waals surface area contributed by atoms with Crippen molar-refractivity contribution in [3.05, 3.63) is 29.8 Å². The highest BCUT2D eigenvalue weighted by atomic mass is 16.5. The number of likely N-dealkylation sites (tertiary alicyclic amines) is 1. The SMILES string of the molecule is O=C1CCC(c2ccc(OCCN3CCC4(CCCCC4)CC3)cc2)C(=O)N1. The lowest BCUT2D eigenvalue weighted by Gasteiger charge is -2.44. The molecule has 28 heavy (non-hydrogen) atoms. The molecule has 1 atom stereocenters. The summed E-state index contributed by atoms with van der Waals surface area (Å²) in [5.41, 5.74) is 1.60. The number of nitrogens with zero attached hydrogens (tertiary/aromatic N) is 1. The Morgan fingerprint density at radius 1 is 1.00 bits per heavy atom. The molecule has 1 N–H and O–H groups in total. The maximum atomic E-state index is 12.0. The summed E-state index contributed by atoms with van der Waals surface area (Å²) in [4.78, 5) is 25.8. The quantitative estimate of drug-likeness (QED) is 0.788. The summed E-state index contributed by atoms with van der Waals surface area (Å²) in [7, 11) is 0. The highest BCUT2D eigenvalue weighted by molar-refractivity contribution is 6.00. The van der Waals surface area contributed by atoms with Crippen molar-refractivity contribution in [3.63, 3.8) is 0 Å². The fourth-order valence-electron chi connectivity index (χ4n) is 5.15. The number of imide groups is 1. The molecule has 0 aromatic heterocycles. The largest absolute Gasteiger partial charge is 0.492 e. The van der Waals surface area contributed by atoms with Crippen LogP contribution in [0.2, 0.25) is 0 Å². The van der Waals surface area contributed by atoms with Crippen molar-refractivity contribution in [1.29, 1.82) is 0 Å². The Hall–Kier alpha value is -1.88. The van der Waals surface area contributed by atoms with Gasteiger partial charge in [0, 0.05) is 13.0 Å². The molecular weight excluding hydrogens is 352 g/mol. The molecule has 0 bridgehead atoms. The van der Waals surface area contributed by atoms with Gasteiger partial charge in [-0.3, -0.25) is 19.8 Å². The number of amides is 2. The van der Waals surface area contributed by atoms with Crippen molar-refractivity contribution in [2.24, 2.45) is 5.41 Å². The standard InChI is InChI=1S/C23H32N2O3/c26-21-9-8-20(22(27)24-21)18-4-6-19(7-5-18)28-17-16-25-14-12-23(13-15-25)10-2-1-3-11-23/h4-7,20H,1-3,8-17H2,(H,24,26,27). The lowest BCUT2D eigenvalue weighted by Crippen LogP contribution is -2.42. The van der Waals surface area contributed by atoms with Gasteiger partial charge in [-0.15, -0.1) is 0 Å². The van der Waals surface area contributed by atoms with Crippen LogP contribution in [0.1, 0.15) is 69.3 Å². The Balaban J connectivity index is 1.20. The molecule has 3 aliphatic rings. The highest BCUT2D eigenvalue weighted by Gasteiger charge is 2.35. The van der Waals surface area contributed by atoms with Crippen molar-refractivity contribution < 1.29 is 14.3 Å². The molecule has 2 saturated heterocycles. The molecule has 1 aliphatic carbocycles. The van der Waals surface area contributed by atoms with Crippen LogP contribution in [-0.4, -0.2) is 43.0 Å². The van der Waals surface area contributed by atoms with Gasteiger partial charge in [-0.05, 0) is 68.3 Å². The highest BCUT2D eigenvalue weighted by Crippen LogP contribution is 2.44. The first kappa shape index (κ1) is 19.4. The predicted octanol–water partition coefficient (Wildman–Crippen LogP) is 3.63. The molecule has 3 fully saturated rings. The lowest BCUT2D eigenvalue weighted by molar-refractivity contribution is -0.134. The van der Waals surface area contributed by atoms with Gasteiger partial charge in [0.15, 0.2) is 0 Å². The summed E-state index contributed by atoms with van der Waals surface area (Å²) in [6, 6.07) is 7.77. The first-order chi connectivity index (χ1) is 13.6. The van der Waals surface area contributed by atoms with E-state index in [-0.39, 0.29) is 17.7 Å². The maximum absolute atomic E-state index is 12.0. The van der Waals surface area contributed by atoms with Crippen LogP contribution < -0.4 is 10.1 Å². The van der Waals surface area contributed by atoms with Gasteiger partial charge in [-0.1, -0.05) is 31.4 Å². The fraction of sp³-hybridized carbons (Fsp3) is 0.652. The number of benzene rings is 1. The number of rotatable bonds is 5. The van der Waals surface area contributed by atoms with Gasteiger partial charge in [-0.2, -0.15) is 0 Å². The van der Waals surface area contributed by atoms with Crippen molar-refractivity contribution in [3.8, 4) is 5.75 Å². The number of carbonyl (C=O) groups is 2. The van der Waals surface area contributed by atoms with E-state index < -0.39 is 0 Å². The van der Waals surface area contributed by atoms with Gasteiger partial charge in [0.05, 0.1) is 5.92 Å². The molecular formula is C23H32N2O3. The molecule has 4 rings (SSSR count). The summed E-state index contributed by atoms with van der Waals surface area (Å²) in [5.74, 6) is 0.253. The van der Waals surface area contributed by atoms with E-state index >= 15 is 0 Å². The van der Waals surface area contributed by atoms with Crippen molar-refractivity contribution >= 4 is 11.8 Å². The predicted molar refractivity (Wildman–Crippen MR) is 108 cm³/mol. The van der Waals surface area contributed by atoms with Crippen LogP contribution >= 0.6 is 0 Å². The summed E-state index contributed by atoms with van der Waals surface area (Å²) in [6.07, 6.45) is 10.9. The number of hydrogen-bond donors (Lipinski definition) is 1. The monoisotopic (exact) mass is 384 g/mol. The zero-order valence-electron chi connectivity index (χ0n) is 16.8. The van der Waals surface area contributed by atoms with Gasteiger partial charge >= 0.3 is 0 Å². The summed E-state index contributed by atoms with van der Waals surface area (Å²) >= 11 is 0. The van der Waals surface area contributed by atoms with Gasteiger partial charge in [0.2, 0.25) is 11.8 Å². The van der Waals surface area contributed by atoms with E-state index in [1.165, 1.54) is 58.0 Å². The summed E-state index contributed by atoms with van der Waals surface area (Å²) in [5, 5.41) is 2.42. The molecule has 1 saturated carbocycles. The second-order valence-corrected chi connectivity index (χ2v) is 8.82. The third-order valence-electron chi connectivity index (χ3n) is 7.03. The minimum Gasteiger partial charge on any atom is -0.492 e. The van der Waals surface area contributed by atoms with Gasteiger partial charge in [-0.25, -0.2) is 0 Å². The minimum atomic E-state index is -0.229. The fourth-order valence-corrected chi connectivity index (χ4v) is 5.15. The van der Waals surface area contributed by atoms with E-state index in [9.17, 15) is 9.59 Å². The number of nitrogens with one attached hydrogen (secondary N) is 1. The second kappa shape index (κ2) is 8.64. The smallest absolute Gasteiger partial charge is 0.234 e. The van der Waals surface area contributed by atoms with Gasteiger partial charge < -0.3 is 4.74 Å². The van der Waals surface area contributed by atoms with Crippen LogP contribution in [0.25, 0.3) is 0 Å². The molecule has 1 spiro atoms. The summed E-state index contributed by atoms with van der Waals surface area (Å²) < 4.78 is 5.94. The Morgan fingerprint density at radius 2 is 1.71 bits per heavy atom. The average molecular weight is 385 g/mol. The molecule has 1 aromatic rings. The maximum Gasteiger partial charge on any atom is 0.234 e. The van der Waals surface area contributed by atoms with E-state index in [0.717, 1.165) is 17.9 Å². The molecule has 2 heterocycles. The lowest BCUT2D eigenvalue weighted by atomic mass is 9.68. The number of carbonyl (C=O) groups excluding carboxylic acids is 2. The molecule has 1 aromatic carbocycles. The Labute approximate surface area is 167 Å². The molecule has 152 valence electrons. The average Bonchev–Trinajstić information content (AvgIpc) is 2.71.